The van der Waals surface area contributed by atoms with Gasteiger partial charge in [0.15, 0.2) is 5.82 Å². The van der Waals surface area contributed by atoms with Crippen molar-refractivity contribution in [1.82, 2.24) is 14.8 Å². The summed E-state index contributed by atoms with van der Waals surface area (Å²) in [6, 6.07) is 15.3. The predicted molar refractivity (Wildman–Crippen MR) is 107 cm³/mol. The number of anilines is 1. The maximum atomic E-state index is 12.3. The van der Waals surface area contributed by atoms with Crippen LogP contribution in [-0.4, -0.2) is 27.8 Å². The van der Waals surface area contributed by atoms with E-state index < -0.39 is 0 Å². The van der Waals surface area contributed by atoms with Crippen LogP contribution in [-0.2, 0) is 28.1 Å². The zero-order valence-electron chi connectivity index (χ0n) is 16.1. The Hall–Kier alpha value is -3.50. The number of hydrogen-bond donors (Lipinski definition) is 1. The van der Waals surface area contributed by atoms with E-state index in [9.17, 15) is 4.79 Å². The van der Waals surface area contributed by atoms with Crippen molar-refractivity contribution >= 4 is 11.7 Å². The van der Waals surface area contributed by atoms with Crippen LogP contribution in [0.5, 0.6) is 0 Å². The molecule has 2 heterocycles. The smallest absolute Gasteiger partial charge is 0.229 e. The molecule has 1 fully saturated rings. The van der Waals surface area contributed by atoms with Gasteiger partial charge in [-0.2, -0.15) is 10.4 Å². The van der Waals surface area contributed by atoms with Crippen molar-refractivity contribution in [2.75, 3.05) is 12.4 Å². The molecule has 7 heteroatoms. The fraction of sp³-hybridized carbons (Fsp3) is 0.273. The molecular formula is C22H21N5O2. The lowest BCUT2D eigenvalue weighted by Gasteiger charge is -2.14. The van der Waals surface area contributed by atoms with E-state index in [0.717, 1.165) is 24.1 Å². The molecule has 1 amide bonds. The predicted octanol–water partition coefficient (Wildman–Crippen LogP) is 3.01. The molecule has 29 heavy (non-hydrogen) atoms. The maximum absolute atomic E-state index is 12.3. The van der Waals surface area contributed by atoms with Crippen LogP contribution < -0.4 is 5.32 Å². The van der Waals surface area contributed by atoms with Crippen LogP contribution in [0.25, 0.3) is 0 Å². The molecule has 0 spiro atoms. The highest BCUT2D eigenvalue weighted by Crippen LogP contribution is 2.48. The van der Waals surface area contributed by atoms with E-state index in [1.807, 2.05) is 30.3 Å². The van der Waals surface area contributed by atoms with Gasteiger partial charge in [0.1, 0.15) is 6.07 Å². The van der Waals surface area contributed by atoms with Gasteiger partial charge in [-0.15, -0.1) is 0 Å². The number of nitriles is 1. The molecule has 0 bridgehead atoms. The largest absolute Gasteiger partial charge is 0.374 e. The molecule has 1 saturated carbocycles. The third kappa shape index (κ3) is 4.33. The number of nitrogens with zero attached hydrogens (tertiary/aromatic N) is 4. The Bertz CT molecular complexity index is 1040. The van der Waals surface area contributed by atoms with Crippen LogP contribution in [0.2, 0.25) is 0 Å². The number of methoxy groups -OCH3 is 1. The summed E-state index contributed by atoms with van der Waals surface area (Å²) in [5.74, 6) is 0.379. The monoisotopic (exact) mass is 387 g/mol. The van der Waals surface area contributed by atoms with Gasteiger partial charge < -0.3 is 10.1 Å². The van der Waals surface area contributed by atoms with Crippen LogP contribution in [0.1, 0.15) is 35.2 Å². The second kappa shape index (κ2) is 7.86. The molecule has 7 nitrogen and oxygen atoms in total. The van der Waals surface area contributed by atoms with Crippen molar-refractivity contribution in [3.63, 3.8) is 0 Å². The van der Waals surface area contributed by atoms with E-state index in [-0.39, 0.29) is 17.9 Å². The van der Waals surface area contributed by atoms with E-state index in [2.05, 4.69) is 15.4 Å². The standard InChI is InChI=1S/C22H21N5O2/c1-29-22(9-10-22)18-5-2-16(3-6-18)12-21(28)25-20-8-11-27(26-20)15-19-7-4-17(13-23)14-24-19/h2-8,11,14H,9-10,12,15H2,1H3,(H,25,26,28). The van der Waals surface area contributed by atoms with E-state index >= 15 is 0 Å². The molecule has 1 aliphatic carbocycles. The van der Waals surface area contributed by atoms with Gasteiger partial charge in [-0.1, -0.05) is 24.3 Å². The minimum absolute atomic E-state index is 0.114. The number of nitrogens with one attached hydrogen (secondary N) is 1. The minimum atomic E-state index is -0.118. The van der Waals surface area contributed by atoms with Crippen molar-refractivity contribution in [2.24, 2.45) is 0 Å². The molecular weight excluding hydrogens is 366 g/mol. The Labute approximate surface area is 169 Å². The number of benzene rings is 1. The zero-order chi connectivity index (χ0) is 20.3. The zero-order valence-corrected chi connectivity index (χ0v) is 16.1. The van der Waals surface area contributed by atoms with Crippen molar-refractivity contribution in [3.8, 4) is 6.07 Å². The van der Waals surface area contributed by atoms with Gasteiger partial charge in [-0.3, -0.25) is 14.5 Å². The van der Waals surface area contributed by atoms with Gasteiger partial charge >= 0.3 is 0 Å². The van der Waals surface area contributed by atoms with Crippen molar-refractivity contribution in [3.05, 3.63) is 77.2 Å². The molecule has 4 rings (SSSR count). The van der Waals surface area contributed by atoms with Gasteiger partial charge in [0.2, 0.25) is 5.91 Å². The maximum Gasteiger partial charge on any atom is 0.229 e. The number of ether oxygens (including phenoxy) is 1. The van der Waals surface area contributed by atoms with E-state index in [1.165, 1.54) is 11.8 Å². The second-order valence-corrected chi connectivity index (χ2v) is 7.17. The number of aromatic nitrogens is 3. The second-order valence-electron chi connectivity index (χ2n) is 7.17. The van der Waals surface area contributed by atoms with Crippen molar-refractivity contribution in [1.29, 1.82) is 5.26 Å². The van der Waals surface area contributed by atoms with Gasteiger partial charge in [0, 0.05) is 25.6 Å². The molecule has 2 aromatic heterocycles. The Morgan fingerprint density at radius 1 is 1.24 bits per heavy atom. The highest BCUT2D eigenvalue weighted by molar-refractivity contribution is 5.91. The summed E-state index contributed by atoms with van der Waals surface area (Å²) in [6.07, 6.45) is 5.69. The molecule has 1 aromatic carbocycles. The number of pyridine rings is 1. The molecule has 0 saturated heterocycles. The van der Waals surface area contributed by atoms with Gasteiger partial charge in [-0.25, -0.2) is 0 Å². The van der Waals surface area contributed by atoms with Crippen LogP contribution in [0, 0.1) is 11.3 Å². The third-order valence-electron chi connectivity index (χ3n) is 5.13. The lowest BCUT2D eigenvalue weighted by atomic mass is 10.0. The molecule has 0 atom stereocenters. The summed E-state index contributed by atoms with van der Waals surface area (Å²) in [5.41, 5.74) is 3.30. The fourth-order valence-electron chi connectivity index (χ4n) is 3.29. The first-order valence-electron chi connectivity index (χ1n) is 9.43. The van der Waals surface area contributed by atoms with Crippen molar-refractivity contribution in [2.45, 2.75) is 31.4 Å². The normalized spacial score (nSPS) is 14.2. The van der Waals surface area contributed by atoms with E-state index in [4.69, 9.17) is 10.00 Å². The first kappa shape index (κ1) is 18.8. The molecule has 0 unspecified atom stereocenters. The van der Waals surface area contributed by atoms with Gasteiger partial charge in [-0.05, 0) is 36.1 Å². The molecule has 0 aliphatic heterocycles. The van der Waals surface area contributed by atoms with Crippen molar-refractivity contribution < 1.29 is 9.53 Å². The van der Waals surface area contributed by atoms with Crippen LogP contribution >= 0.6 is 0 Å². The topological polar surface area (TPSA) is 92.8 Å². The lowest BCUT2D eigenvalue weighted by Crippen LogP contribution is -2.15. The first-order valence-corrected chi connectivity index (χ1v) is 9.43. The lowest BCUT2D eigenvalue weighted by molar-refractivity contribution is -0.115. The molecule has 1 aliphatic rings. The Balaban J connectivity index is 1.32. The average Bonchev–Trinajstić information content (AvgIpc) is 3.43. The van der Waals surface area contributed by atoms with E-state index in [0.29, 0.717) is 17.9 Å². The van der Waals surface area contributed by atoms with Crippen LogP contribution in [0.4, 0.5) is 5.82 Å². The Kier molecular flexibility index (Phi) is 5.10. The van der Waals surface area contributed by atoms with Crippen LogP contribution in [0.15, 0.2) is 54.9 Å². The minimum Gasteiger partial charge on any atom is -0.374 e. The van der Waals surface area contributed by atoms with E-state index in [1.54, 1.807) is 36.2 Å². The molecule has 1 N–H and O–H groups in total. The highest BCUT2D eigenvalue weighted by atomic mass is 16.5. The average molecular weight is 387 g/mol. The fourth-order valence-corrected chi connectivity index (χ4v) is 3.29. The summed E-state index contributed by atoms with van der Waals surface area (Å²) >= 11 is 0. The summed E-state index contributed by atoms with van der Waals surface area (Å²) in [4.78, 5) is 16.6. The molecule has 146 valence electrons. The summed E-state index contributed by atoms with van der Waals surface area (Å²) < 4.78 is 7.28. The summed E-state index contributed by atoms with van der Waals surface area (Å²) in [5, 5.41) is 16.0. The Morgan fingerprint density at radius 2 is 2.03 bits per heavy atom. The highest BCUT2D eigenvalue weighted by Gasteiger charge is 2.44. The number of carbonyl (C=O) groups is 1. The quantitative estimate of drug-likeness (QED) is 0.673. The van der Waals surface area contributed by atoms with Gasteiger partial charge in [0.05, 0.1) is 29.8 Å². The molecule has 3 aromatic rings. The number of rotatable bonds is 7. The number of amides is 1. The summed E-state index contributed by atoms with van der Waals surface area (Å²) in [6.45, 7) is 0.463. The summed E-state index contributed by atoms with van der Waals surface area (Å²) in [7, 11) is 1.74. The third-order valence-corrected chi connectivity index (χ3v) is 5.13. The Morgan fingerprint density at radius 3 is 2.66 bits per heavy atom. The van der Waals surface area contributed by atoms with Crippen LogP contribution in [0.3, 0.4) is 0 Å². The number of hydrogen-bond acceptors (Lipinski definition) is 5. The van der Waals surface area contributed by atoms with Gasteiger partial charge in [0.25, 0.3) is 0 Å². The number of carbonyl (C=O) groups excluding carboxylic acids is 1. The first-order chi connectivity index (χ1) is 14.1. The SMILES string of the molecule is COC1(c2ccc(CC(=O)Nc3ccn(Cc4ccc(C#N)cn4)n3)cc2)CC1. The molecule has 0 radical (unpaired) electrons.